The maximum Gasteiger partial charge on any atom is 0.143 e. The van der Waals surface area contributed by atoms with Crippen molar-refractivity contribution >= 4 is 39.9 Å². The molecule has 0 N–H and O–H groups in total. The van der Waals surface area contributed by atoms with Crippen LogP contribution in [-0.4, -0.2) is 31.9 Å². The molecule has 5 rings (SSSR count). The largest absolute Gasteiger partial charge is 0.350 e. The summed E-state index contributed by atoms with van der Waals surface area (Å²) in [4.78, 5) is 11.7. The predicted molar refractivity (Wildman–Crippen MR) is 97.0 cm³/mol. The van der Waals surface area contributed by atoms with E-state index in [1.54, 1.807) is 0 Å². The Morgan fingerprint density at radius 3 is 2.67 bits per heavy atom. The zero-order valence-corrected chi connectivity index (χ0v) is 14.3. The molecule has 2 unspecified atom stereocenters. The summed E-state index contributed by atoms with van der Waals surface area (Å²) >= 11 is 0.540. The van der Waals surface area contributed by atoms with Crippen molar-refractivity contribution in [2.45, 2.75) is 43.0 Å². The number of nitrogens with zero attached hydrogens (tertiary/aromatic N) is 4. The van der Waals surface area contributed by atoms with Gasteiger partial charge in [0.2, 0.25) is 0 Å². The molecule has 4 nitrogen and oxygen atoms in total. The van der Waals surface area contributed by atoms with E-state index in [1.165, 1.54) is 0 Å². The van der Waals surface area contributed by atoms with E-state index in [0.29, 0.717) is 24.2 Å². The van der Waals surface area contributed by atoms with Gasteiger partial charge in [0.05, 0.1) is 5.52 Å². The number of pyridine rings is 2. The van der Waals surface area contributed by atoms with E-state index in [1.807, 2.05) is 18.5 Å². The van der Waals surface area contributed by atoms with Crippen LogP contribution in [0.15, 0.2) is 30.6 Å². The number of piperidine rings is 1. The van der Waals surface area contributed by atoms with E-state index in [0.717, 1.165) is 53.4 Å². The molecule has 2 aliphatic rings. The van der Waals surface area contributed by atoms with Crippen LogP contribution in [-0.2, 0) is 7.05 Å². The van der Waals surface area contributed by atoms with Crippen molar-refractivity contribution < 1.29 is 3.89 Å². The molecule has 3 aromatic heterocycles. The quantitative estimate of drug-likeness (QED) is 0.698. The number of hydrogen-bond acceptors (Lipinski definition) is 4. The predicted octanol–water partition coefficient (Wildman–Crippen LogP) is 4.24. The van der Waals surface area contributed by atoms with Gasteiger partial charge in [-0.25, -0.2) is 4.98 Å². The van der Waals surface area contributed by atoms with Crippen LogP contribution in [0.5, 0.6) is 0 Å². The molecule has 2 saturated heterocycles. The lowest BCUT2D eigenvalue weighted by atomic mass is 10.0. The van der Waals surface area contributed by atoms with Crippen LogP contribution in [0.2, 0.25) is 0 Å². The van der Waals surface area contributed by atoms with Crippen LogP contribution >= 0.6 is 12.1 Å². The number of anilines is 1. The van der Waals surface area contributed by atoms with Crippen LogP contribution in [0.1, 0.15) is 25.7 Å². The molecule has 0 aromatic carbocycles. The average Bonchev–Trinajstić information content (AvgIpc) is 3.06. The van der Waals surface area contributed by atoms with E-state index >= 15 is 0 Å². The van der Waals surface area contributed by atoms with Gasteiger partial charge in [0.25, 0.3) is 0 Å². The van der Waals surface area contributed by atoms with Crippen LogP contribution in [0, 0.1) is 0 Å². The molecule has 2 atom stereocenters. The maximum absolute atomic E-state index is 13.0. The maximum atomic E-state index is 13.0. The number of hydrogen-bond donors (Lipinski definition) is 0. The first-order chi connectivity index (χ1) is 11.8. The van der Waals surface area contributed by atoms with Crippen molar-refractivity contribution in [3.05, 3.63) is 30.6 Å². The van der Waals surface area contributed by atoms with Crippen molar-refractivity contribution in [3.63, 3.8) is 0 Å². The second-order valence-electron chi connectivity index (χ2n) is 6.97. The van der Waals surface area contributed by atoms with Gasteiger partial charge in [0.15, 0.2) is 0 Å². The summed E-state index contributed by atoms with van der Waals surface area (Å²) in [5, 5.41) is 2.45. The van der Waals surface area contributed by atoms with E-state index in [2.05, 4.69) is 33.6 Å². The molecule has 0 amide bonds. The molecule has 5 heterocycles. The third-order valence-corrected chi connectivity index (χ3v) is 6.34. The Balaban J connectivity index is 1.61. The molecule has 124 valence electrons. The molecule has 2 fully saturated rings. The number of rotatable bonds is 2. The summed E-state index contributed by atoms with van der Waals surface area (Å²) < 4.78 is 15.2. The van der Waals surface area contributed by atoms with Crippen LogP contribution in [0.4, 0.5) is 9.70 Å². The molecule has 0 saturated carbocycles. The minimum absolute atomic E-state index is 0.158. The molecule has 0 aliphatic carbocycles. The Morgan fingerprint density at radius 2 is 1.92 bits per heavy atom. The fourth-order valence-electron chi connectivity index (χ4n) is 4.62. The van der Waals surface area contributed by atoms with Gasteiger partial charge in [-0.15, -0.1) is 0 Å². The smallest absolute Gasteiger partial charge is 0.143 e. The van der Waals surface area contributed by atoms with Gasteiger partial charge in [0.1, 0.15) is 11.5 Å². The summed E-state index contributed by atoms with van der Waals surface area (Å²) in [7, 11) is 2.06. The summed E-state index contributed by atoms with van der Waals surface area (Å²) in [5.41, 5.74) is 2.15. The number of aryl methyl sites for hydroxylation is 1. The molecular weight excluding hydrogens is 323 g/mol. The average molecular weight is 342 g/mol. The molecular formula is C18H19FN4S. The van der Waals surface area contributed by atoms with E-state index in [9.17, 15) is 3.89 Å². The topological polar surface area (TPSA) is 34.0 Å². The van der Waals surface area contributed by atoms with Gasteiger partial charge in [-0.1, -0.05) is 0 Å². The number of aromatic nitrogens is 3. The second kappa shape index (κ2) is 5.34. The Kier molecular flexibility index (Phi) is 3.23. The normalized spacial score (nSPS) is 26.6. The van der Waals surface area contributed by atoms with Crippen LogP contribution in [0.25, 0.3) is 21.9 Å². The summed E-state index contributed by atoms with van der Waals surface area (Å²) in [6.45, 7) is 0. The molecule has 6 heteroatoms. The first-order valence-electron chi connectivity index (χ1n) is 8.51. The summed E-state index contributed by atoms with van der Waals surface area (Å²) in [5.74, 6) is 1.04. The van der Waals surface area contributed by atoms with E-state index in [-0.39, 0.29) is 5.25 Å². The standard InChI is InChI=1S/C18H19FN4S/c1-22-16-6-7-20-10-15(16)14-4-5-17(21-18(14)22)23-11-2-3-12(23)9-13(8-11)24-19/h4-7,10-13H,2-3,8-9H2,1H3. The van der Waals surface area contributed by atoms with E-state index < -0.39 is 0 Å². The third-order valence-electron chi connectivity index (χ3n) is 5.71. The molecule has 2 aliphatic heterocycles. The summed E-state index contributed by atoms with van der Waals surface area (Å²) in [6, 6.07) is 7.18. The van der Waals surface area contributed by atoms with Gasteiger partial charge in [-0.05, 0) is 43.9 Å². The van der Waals surface area contributed by atoms with Crippen molar-refractivity contribution in [1.29, 1.82) is 0 Å². The molecule has 2 bridgehead atoms. The lowest BCUT2D eigenvalue weighted by Crippen LogP contribution is -2.44. The highest BCUT2D eigenvalue weighted by Crippen LogP contribution is 2.43. The lowest BCUT2D eigenvalue weighted by molar-refractivity contribution is 0.471. The first-order valence-corrected chi connectivity index (χ1v) is 9.29. The van der Waals surface area contributed by atoms with Gasteiger partial charge < -0.3 is 9.47 Å². The molecule has 24 heavy (non-hydrogen) atoms. The highest BCUT2D eigenvalue weighted by atomic mass is 32.2. The van der Waals surface area contributed by atoms with Gasteiger partial charge in [-0.3, -0.25) is 4.98 Å². The number of fused-ring (bicyclic) bond motifs is 5. The minimum atomic E-state index is 0.158. The molecule has 3 aromatic rings. The molecule has 0 radical (unpaired) electrons. The van der Waals surface area contributed by atoms with Crippen molar-refractivity contribution in [3.8, 4) is 0 Å². The van der Waals surface area contributed by atoms with Crippen molar-refractivity contribution in [2.75, 3.05) is 4.90 Å². The highest BCUT2D eigenvalue weighted by molar-refractivity contribution is 7.94. The van der Waals surface area contributed by atoms with E-state index in [4.69, 9.17) is 4.98 Å². The monoisotopic (exact) mass is 342 g/mol. The summed E-state index contributed by atoms with van der Waals surface area (Å²) in [6.07, 6.45) is 7.89. The Hall–Kier alpha value is -1.82. The fourth-order valence-corrected chi connectivity index (χ4v) is 5.21. The Morgan fingerprint density at radius 1 is 1.12 bits per heavy atom. The van der Waals surface area contributed by atoms with Crippen LogP contribution in [0.3, 0.4) is 0 Å². The zero-order chi connectivity index (χ0) is 16.3. The third kappa shape index (κ3) is 1.98. The fraction of sp³-hybridized carbons (Fsp3) is 0.444. The Bertz CT molecular complexity index is 910. The number of halogens is 1. The van der Waals surface area contributed by atoms with Gasteiger partial charge in [0, 0.05) is 59.7 Å². The minimum Gasteiger partial charge on any atom is -0.350 e. The lowest BCUT2D eigenvalue weighted by Gasteiger charge is -2.38. The molecule has 0 spiro atoms. The van der Waals surface area contributed by atoms with Crippen molar-refractivity contribution in [2.24, 2.45) is 7.05 Å². The zero-order valence-electron chi connectivity index (χ0n) is 13.5. The second-order valence-corrected chi connectivity index (χ2v) is 7.81. The van der Waals surface area contributed by atoms with Gasteiger partial charge in [-0.2, -0.15) is 3.89 Å². The SMILES string of the molecule is Cn1c2ccncc2c2ccc(N3C4CCC3CC(SF)C4)nc21. The van der Waals surface area contributed by atoms with Crippen molar-refractivity contribution in [1.82, 2.24) is 14.5 Å². The highest BCUT2D eigenvalue weighted by Gasteiger charge is 2.41. The van der Waals surface area contributed by atoms with Gasteiger partial charge >= 0.3 is 0 Å². The Labute approximate surface area is 144 Å². The first kappa shape index (κ1) is 14.5. The van der Waals surface area contributed by atoms with Crippen LogP contribution < -0.4 is 4.90 Å².